The van der Waals surface area contributed by atoms with E-state index in [9.17, 15) is 4.79 Å². The number of halogens is 1. The van der Waals surface area contributed by atoms with Gasteiger partial charge in [0, 0.05) is 21.3 Å². The molecule has 1 N–H and O–H groups in total. The second-order valence-corrected chi connectivity index (χ2v) is 11.2. The number of ether oxygens (including phenoxy) is 2. The average Bonchev–Trinajstić information content (AvgIpc) is 2.76. The molecule has 0 bridgehead atoms. The van der Waals surface area contributed by atoms with Crippen LogP contribution in [0.5, 0.6) is 11.5 Å². The van der Waals surface area contributed by atoms with Gasteiger partial charge in [0.05, 0.1) is 25.3 Å². The lowest BCUT2D eigenvalue weighted by Crippen LogP contribution is -2.29. The van der Waals surface area contributed by atoms with Crippen LogP contribution in [0.3, 0.4) is 0 Å². The summed E-state index contributed by atoms with van der Waals surface area (Å²) in [7, 11) is 1.63. The van der Waals surface area contributed by atoms with Crippen LogP contribution in [0.1, 0.15) is 58.5 Å². The van der Waals surface area contributed by atoms with E-state index in [1.54, 1.807) is 7.11 Å². The van der Waals surface area contributed by atoms with Crippen LogP contribution in [0, 0.1) is 17.8 Å². The number of benzene rings is 2. The fourth-order valence-electron chi connectivity index (χ4n) is 4.30. The molecule has 0 amide bonds. The third-order valence-electron chi connectivity index (χ3n) is 5.67. The van der Waals surface area contributed by atoms with Crippen LogP contribution in [-0.2, 0) is 4.79 Å². The lowest BCUT2D eigenvalue weighted by Gasteiger charge is -2.31. The number of carbonyl (C=O) groups excluding carboxylic acids is 1. The van der Waals surface area contributed by atoms with E-state index in [0.29, 0.717) is 30.4 Å². The number of nitrogens with zero attached hydrogens (tertiary/aromatic N) is 2. The molecule has 0 aliphatic rings. The van der Waals surface area contributed by atoms with Crippen molar-refractivity contribution < 1.29 is 14.3 Å². The van der Waals surface area contributed by atoms with Gasteiger partial charge in [-0.1, -0.05) is 55.8 Å². The molecule has 3 rings (SSSR count). The van der Waals surface area contributed by atoms with Crippen molar-refractivity contribution in [3.63, 3.8) is 0 Å². The summed E-state index contributed by atoms with van der Waals surface area (Å²) in [5, 5.41) is 4.39. The quantitative estimate of drug-likeness (QED) is 0.289. The molecule has 0 unspecified atom stereocenters. The first-order valence-corrected chi connectivity index (χ1v) is 12.2. The Morgan fingerprint density at radius 2 is 1.85 bits per heavy atom. The van der Waals surface area contributed by atoms with Crippen LogP contribution in [-0.4, -0.2) is 30.0 Å². The van der Waals surface area contributed by atoms with Gasteiger partial charge in [0.1, 0.15) is 17.9 Å². The van der Waals surface area contributed by atoms with E-state index in [2.05, 4.69) is 64.1 Å². The molecule has 0 radical (unpaired) electrons. The van der Waals surface area contributed by atoms with Crippen LogP contribution in [0.15, 0.2) is 40.9 Å². The van der Waals surface area contributed by atoms with Crippen molar-refractivity contribution in [2.75, 3.05) is 19.0 Å². The number of nitrogens with one attached hydrogen (secondary N) is 1. The second-order valence-electron chi connectivity index (χ2n) is 10.3. The van der Waals surface area contributed by atoms with Gasteiger partial charge in [-0.15, -0.1) is 0 Å². The predicted molar refractivity (Wildman–Crippen MR) is 141 cm³/mol. The Kier molecular flexibility index (Phi) is 7.86. The zero-order valence-electron chi connectivity index (χ0n) is 21.0. The van der Waals surface area contributed by atoms with E-state index >= 15 is 0 Å². The van der Waals surface area contributed by atoms with E-state index < -0.39 is 5.41 Å². The van der Waals surface area contributed by atoms with Gasteiger partial charge >= 0.3 is 0 Å². The Hall–Kier alpha value is -2.67. The Labute approximate surface area is 210 Å². The summed E-state index contributed by atoms with van der Waals surface area (Å²) in [5.41, 5.74) is 1.32. The summed E-state index contributed by atoms with van der Waals surface area (Å²) in [6, 6.07) is 12.1. The summed E-state index contributed by atoms with van der Waals surface area (Å²) >= 11 is 3.54. The van der Waals surface area contributed by atoms with Crippen molar-refractivity contribution in [2.24, 2.45) is 10.8 Å². The third-order valence-corrected chi connectivity index (χ3v) is 6.16. The number of rotatable bonds is 10. The third kappa shape index (κ3) is 6.47. The molecule has 7 heteroatoms. The second kappa shape index (κ2) is 10.3. The van der Waals surface area contributed by atoms with E-state index in [0.717, 1.165) is 33.0 Å². The highest BCUT2D eigenvalue weighted by Crippen LogP contribution is 2.38. The molecule has 1 atom stereocenters. The maximum Gasteiger partial charge on any atom is 0.163 e. The SMILES string of the molecule is COc1cc2c(N[C@H](C)c3cccc(Br)c3)nc(C)nc2cc1OCC(C)(C)CC(C)(C)C=O. The van der Waals surface area contributed by atoms with Gasteiger partial charge in [0.2, 0.25) is 0 Å². The normalized spacial score (nSPS) is 12.9. The van der Waals surface area contributed by atoms with Gasteiger partial charge in [-0.2, -0.15) is 0 Å². The summed E-state index contributed by atoms with van der Waals surface area (Å²) in [6.45, 7) is 12.5. The van der Waals surface area contributed by atoms with Gasteiger partial charge in [-0.3, -0.25) is 0 Å². The van der Waals surface area contributed by atoms with E-state index in [-0.39, 0.29) is 11.5 Å². The molecule has 34 heavy (non-hydrogen) atoms. The van der Waals surface area contributed by atoms with Crippen molar-refractivity contribution in [1.29, 1.82) is 0 Å². The number of aldehydes is 1. The number of hydrogen-bond acceptors (Lipinski definition) is 6. The van der Waals surface area contributed by atoms with Gasteiger partial charge in [0.15, 0.2) is 11.5 Å². The Bertz CT molecular complexity index is 1180. The van der Waals surface area contributed by atoms with E-state index in [1.165, 1.54) is 0 Å². The van der Waals surface area contributed by atoms with Crippen molar-refractivity contribution in [1.82, 2.24) is 9.97 Å². The summed E-state index contributed by atoms with van der Waals surface area (Å²) < 4.78 is 12.9. The molecule has 182 valence electrons. The van der Waals surface area contributed by atoms with Gasteiger partial charge in [-0.05, 0) is 49.4 Å². The Morgan fingerprint density at radius 1 is 1.12 bits per heavy atom. The maximum absolute atomic E-state index is 11.4. The summed E-state index contributed by atoms with van der Waals surface area (Å²) in [6.07, 6.45) is 1.72. The first kappa shape index (κ1) is 25.9. The minimum Gasteiger partial charge on any atom is -0.493 e. The number of methoxy groups -OCH3 is 1. The van der Waals surface area contributed by atoms with Gasteiger partial charge in [0.25, 0.3) is 0 Å². The monoisotopic (exact) mass is 527 g/mol. The molecule has 0 aliphatic heterocycles. The van der Waals surface area contributed by atoms with E-state index in [1.807, 2.05) is 45.0 Å². The molecule has 6 nitrogen and oxygen atoms in total. The molecule has 0 saturated carbocycles. The highest BCUT2D eigenvalue weighted by atomic mass is 79.9. The smallest absolute Gasteiger partial charge is 0.163 e. The number of fused-ring (bicyclic) bond motifs is 1. The number of hydrogen-bond donors (Lipinski definition) is 1. The van der Waals surface area contributed by atoms with Crippen molar-refractivity contribution in [3.8, 4) is 11.5 Å². The largest absolute Gasteiger partial charge is 0.493 e. The molecule has 1 aromatic heterocycles. The molecular formula is C27H34BrN3O3. The fourth-order valence-corrected chi connectivity index (χ4v) is 4.72. The Morgan fingerprint density at radius 3 is 2.50 bits per heavy atom. The minimum absolute atomic E-state index is 0.0406. The molecule has 3 aromatic rings. The standard InChI is InChI=1S/C27H34BrN3O3/c1-17(19-9-8-10-20(28)11-19)29-25-21-12-23(33-7)24(13-22(21)30-18(2)31-25)34-16-27(5,6)14-26(3,4)15-32/h8-13,15,17H,14,16H2,1-7H3,(H,29,30,31)/t17-/m1/s1. The first-order valence-electron chi connectivity index (χ1n) is 11.4. The number of carbonyl (C=O) groups is 1. The van der Waals surface area contributed by atoms with Crippen molar-refractivity contribution >= 4 is 38.9 Å². The molecule has 1 heterocycles. The number of aryl methyl sites for hydroxylation is 1. The van der Waals surface area contributed by atoms with Crippen LogP contribution in [0.2, 0.25) is 0 Å². The molecule has 0 saturated heterocycles. The van der Waals surface area contributed by atoms with Gasteiger partial charge in [-0.25, -0.2) is 9.97 Å². The van der Waals surface area contributed by atoms with Crippen LogP contribution < -0.4 is 14.8 Å². The lowest BCUT2D eigenvalue weighted by molar-refractivity contribution is -0.116. The predicted octanol–water partition coefficient (Wildman–Crippen LogP) is 6.90. The maximum atomic E-state index is 11.4. The molecule has 2 aromatic carbocycles. The summed E-state index contributed by atoms with van der Waals surface area (Å²) in [4.78, 5) is 20.7. The molecule has 0 spiro atoms. The average molecular weight is 528 g/mol. The van der Waals surface area contributed by atoms with Crippen LogP contribution in [0.4, 0.5) is 5.82 Å². The van der Waals surface area contributed by atoms with Gasteiger partial charge < -0.3 is 19.6 Å². The number of aromatic nitrogens is 2. The first-order chi connectivity index (χ1) is 15.9. The lowest BCUT2D eigenvalue weighted by atomic mass is 9.76. The van der Waals surface area contributed by atoms with Crippen molar-refractivity contribution in [2.45, 2.75) is 54.0 Å². The van der Waals surface area contributed by atoms with Crippen LogP contribution in [0.25, 0.3) is 10.9 Å². The topological polar surface area (TPSA) is 73.3 Å². The zero-order chi connectivity index (χ0) is 25.1. The molecule has 0 aliphatic carbocycles. The summed E-state index contributed by atoms with van der Waals surface area (Å²) in [5.74, 6) is 2.65. The van der Waals surface area contributed by atoms with E-state index in [4.69, 9.17) is 9.47 Å². The Balaban J connectivity index is 1.91. The van der Waals surface area contributed by atoms with Crippen LogP contribution >= 0.6 is 15.9 Å². The molecular weight excluding hydrogens is 494 g/mol. The highest BCUT2D eigenvalue weighted by molar-refractivity contribution is 9.10. The van der Waals surface area contributed by atoms with Crippen molar-refractivity contribution in [3.05, 3.63) is 52.3 Å². The highest BCUT2D eigenvalue weighted by Gasteiger charge is 2.29. The molecule has 0 fully saturated rings. The zero-order valence-corrected chi connectivity index (χ0v) is 22.6. The fraction of sp³-hybridized carbons (Fsp3) is 0.444. The minimum atomic E-state index is -0.406. The number of anilines is 1.